The van der Waals surface area contributed by atoms with Crippen LogP contribution in [0.1, 0.15) is 120 Å². The molecule has 92 heavy (non-hydrogen) atoms. The fraction of sp³-hybridized carbons (Fsp3) is 0.443. The molecule has 2 N–H and O–H groups in total. The van der Waals surface area contributed by atoms with Crippen molar-refractivity contribution in [2.75, 3.05) is 73.2 Å². The van der Waals surface area contributed by atoms with E-state index in [0.29, 0.717) is 46.8 Å². The maximum absolute atomic E-state index is 11.6. The Morgan fingerprint density at radius 2 is 0.630 bits per heavy atom. The molecule has 0 radical (unpaired) electrons. The highest BCUT2D eigenvalue weighted by molar-refractivity contribution is 5.90. The van der Waals surface area contributed by atoms with E-state index in [4.69, 9.17) is 37.9 Å². The van der Waals surface area contributed by atoms with Crippen LogP contribution in [0.15, 0.2) is 158 Å². The van der Waals surface area contributed by atoms with E-state index in [1.165, 1.54) is 41.7 Å². The molecule has 2 unspecified atom stereocenters. The third-order valence-corrected chi connectivity index (χ3v) is 11.7. The number of esters is 9. The second-order valence-corrected chi connectivity index (χ2v) is 21.7. The summed E-state index contributed by atoms with van der Waals surface area (Å²) in [5.74, 6) is -3.24. The molecule has 2 aromatic rings. The first-order valence-electron chi connectivity index (χ1n) is 28.9. The van der Waals surface area contributed by atoms with Gasteiger partial charge in [-0.15, -0.1) is 0 Å². The number of carbonyl (C=O) groups excluding carboxylic acids is 9. The third kappa shape index (κ3) is 39.8. The summed E-state index contributed by atoms with van der Waals surface area (Å²) in [6.45, 7) is 53.1. The van der Waals surface area contributed by atoms with Crippen molar-refractivity contribution in [3.63, 3.8) is 0 Å². The van der Waals surface area contributed by atoms with Crippen molar-refractivity contribution in [3.8, 4) is 11.5 Å². The Morgan fingerprint density at radius 3 is 0.859 bits per heavy atom. The van der Waals surface area contributed by atoms with Crippen LogP contribution in [-0.2, 0) is 91.2 Å². The molecule has 22 nitrogen and oxygen atoms in total. The fourth-order valence-corrected chi connectivity index (χ4v) is 5.75. The first-order chi connectivity index (χ1) is 42.7. The molecule has 2 atom stereocenters. The lowest BCUT2D eigenvalue weighted by Gasteiger charge is -2.31. The molecule has 0 fully saturated rings. The molecule has 510 valence electrons. The summed E-state index contributed by atoms with van der Waals surface area (Å²) < 4.78 is 55.0. The second kappa shape index (κ2) is 46.9. The van der Waals surface area contributed by atoms with Crippen LogP contribution in [-0.4, -0.2) is 149 Å². The summed E-state index contributed by atoms with van der Waals surface area (Å²) >= 11 is 0. The van der Waals surface area contributed by atoms with Gasteiger partial charge in [0.25, 0.3) is 0 Å². The maximum atomic E-state index is 11.6. The van der Waals surface area contributed by atoms with Crippen molar-refractivity contribution < 1.29 is 105 Å². The molecule has 2 aromatic carbocycles. The topological polar surface area (TPSA) is 296 Å². The van der Waals surface area contributed by atoms with Crippen LogP contribution in [0.25, 0.3) is 0 Å². The number of unbranched alkanes of at least 4 members (excludes halogenated alkanes) is 1. The number of aliphatic hydroxyl groups excluding tert-OH is 2. The van der Waals surface area contributed by atoms with Crippen LogP contribution >= 0.6 is 0 Å². The monoisotopic (exact) mass is 1290 g/mol. The Labute approximate surface area is 543 Å². The SMILES string of the molecule is C=C(C)C(=O)OC.C=C(C)C(=O)OCC(CC)(COC(=O)C(=C)C)COC(=O)C(=C)C.C=C(C)C(=O)OCC(O)COc1ccc(C(C)(C)c2ccc(OCC(O)COC(=O)C(=C)C)cc2)cc1.C=C(C)C(=O)OCCCC.C=C(C)C(=O)OCCOC(=O)C(=C)C. The lowest BCUT2D eigenvalue weighted by molar-refractivity contribution is -0.157. The summed E-state index contributed by atoms with van der Waals surface area (Å²) in [7, 11) is 1.33. The van der Waals surface area contributed by atoms with E-state index in [9.17, 15) is 53.4 Å². The van der Waals surface area contributed by atoms with Gasteiger partial charge in [0.1, 0.15) is 83.2 Å². The summed E-state index contributed by atoms with van der Waals surface area (Å²) in [5.41, 5.74) is 3.75. The van der Waals surface area contributed by atoms with E-state index in [2.05, 4.69) is 94.2 Å². The van der Waals surface area contributed by atoms with E-state index in [1.54, 1.807) is 27.7 Å². The molecular weight excluding hydrogens is 1190 g/mol. The summed E-state index contributed by atoms with van der Waals surface area (Å²) in [6, 6.07) is 15.1. The second-order valence-electron chi connectivity index (χ2n) is 21.7. The first-order valence-corrected chi connectivity index (χ1v) is 28.9. The van der Waals surface area contributed by atoms with Gasteiger partial charge in [0.15, 0.2) is 0 Å². The first kappa shape index (κ1) is 87.1. The minimum Gasteiger partial charge on any atom is -0.491 e. The molecule has 0 aliphatic heterocycles. The molecule has 0 saturated carbocycles. The number of carbonyl (C=O) groups is 9. The number of aliphatic hydroxyl groups is 2. The van der Waals surface area contributed by atoms with E-state index < -0.39 is 59.4 Å². The van der Waals surface area contributed by atoms with Crippen molar-refractivity contribution in [2.45, 2.75) is 127 Å². The van der Waals surface area contributed by atoms with Gasteiger partial charge in [0.05, 0.1) is 19.1 Å². The zero-order valence-electron chi connectivity index (χ0n) is 56.4. The molecule has 0 aliphatic rings. The van der Waals surface area contributed by atoms with Crippen molar-refractivity contribution in [1.82, 2.24) is 0 Å². The number of rotatable bonds is 34. The number of hydrogen-bond acceptors (Lipinski definition) is 22. The van der Waals surface area contributed by atoms with Crippen LogP contribution in [0.2, 0.25) is 0 Å². The third-order valence-electron chi connectivity index (χ3n) is 11.7. The summed E-state index contributed by atoms with van der Waals surface area (Å²) in [5, 5.41) is 19.9. The molecule has 0 heterocycles. The normalized spacial score (nSPS) is 10.8. The van der Waals surface area contributed by atoms with Crippen molar-refractivity contribution >= 4 is 53.7 Å². The summed E-state index contributed by atoms with van der Waals surface area (Å²) in [4.78, 5) is 100. The molecule has 0 amide bonds. The predicted molar refractivity (Wildman–Crippen MR) is 349 cm³/mol. The molecule has 2 rings (SSSR count). The Kier molecular flexibility index (Phi) is 44.3. The van der Waals surface area contributed by atoms with Gasteiger partial charge in [-0.3, -0.25) is 0 Å². The fourth-order valence-electron chi connectivity index (χ4n) is 5.75. The number of ether oxygens (including phenoxy) is 11. The molecule has 0 spiro atoms. The van der Waals surface area contributed by atoms with E-state index >= 15 is 0 Å². The minimum atomic E-state index is -0.951. The molecule has 0 aliphatic carbocycles. The zero-order chi connectivity index (χ0) is 71.5. The van der Waals surface area contributed by atoms with Gasteiger partial charge in [0, 0.05) is 55.6 Å². The Balaban J connectivity index is -0.00000122. The molecule has 0 saturated heterocycles. The molecule has 0 bridgehead atoms. The molecule has 22 heteroatoms. The number of methoxy groups -OCH3 is 1. The standard InChI is InChI=1S/C29H36O8.C18H26O6.C10H14O4.C8H14O2.C5H8O2/c1-19(2)27(32)36-17-23(30)15-34-25-11-7-21(8-12-25)29(5,6)22-9-13-26(14-10-22)35-16-24(31)18-37-28(33)20(3)4;1-8-18(9-22-15(19)12(2)3,10-23-16(20)13(4)5)11-24-17(21)14(6)7;1-7(2)9(11)13-5-6-14-10(12)8(3)4;1-4-5-6-10-8(9)7(2)3;1-4(2)5(6)7-3/h7-14,23-24,30-31H,1,3,15-18H2,2,4-6H3;2,4,6,8-11H2,1,3,5,7H3;1,3,5-6H2,2,4H3;2,4-6H2,1,3H3;1H2,2-3H3. The number of hydrogen-bond donors (Lipinski definition) is 2. The van der Waals surface area contributed by atoms with Crippen LogP contribution in [0.3, 0.4) is 0 Å². The lowest BCUT2D eigenvalue weighted by atomic mass is 9.78. The van der Waals surface area contributed by atoms with Gasteiger partial charge in [-0.05, 0) is 111 Å². The quantitative estimate of drug-likeness (QED) is 0.0285. The van der Waals surface area contributed by atoms with Gasteiger partial charge < -0.3 is 62.3 Å². The predicted octanol–water partition coefficient (Wildman–Crippen LogP) is 10.3. The van der Waals surface area contributed by atoms with Gasteiger partial charge in [-0.25, -0.2) is 43.2 Å². The van der Waals surface area contributed by atoms with Crippen LogP contribution < -0.4 is 9.47 Å². The largest absolute Gasteiger partial charge is 0.491 e. The number of benzene rings is 2. The van der Waals surface area contributed by atoms with E-state index in [1.807, 2.05) is 55.5 Å². The zero-order valence-corrected chi connectivity index (χ0v) is 56.4. The molecule has 0 aromatic heterocycles. The van der Waals surface area contributed by atoms with Gasteiger partial charge in [-0.2, -0.15) is 0 Å². The van der Waals surface area contributed by atoms with Gasteiger partial charge >= 0.3 is 53.7 Å². The van der Waals surface area contributed by atoms with E-state index in [0.717, 1.165) is 24.0 Å². The Morgan fingerprint density at radius 1 is 0.380 bits per heavy atom. The van der Waals surface area contributed by atoms with Crippen LogP contribution in [0.4, 0.5) is 0 Å². The van der Waals surface area contributed by atoms with Gasteiger partial charge in [0.2, 0.25) is 0 Å². The minimum absolute atomic E-state index is 0.0152. The van der Waals surface area contributed by atoms with Crippen molar-refractivity contribution in [2.24, 2.45) is 5.41 Å². The average molecular weight is 1290 g/mol. The maximum Gasteiger partial charge on any atom is 0.333 e. The Bertz CT molecular complexity index is 2680. The summed E-state index contributed by atoms with van der Waals surface area (Å²) in [6.07, 6.45) is 0.520. The van der Waals surface area contributed by atoms with Crippen LogP contribution in [0.5, 0.6) is 11.5 Å². The highest BCUT2D eigenvalue weighted by atomic mass is 16.6. The van der Waals surface area contributed by atoms with Crippen molar-refractivity contribution in [1.29, 1.82) is 0 Å². The highest BCUT2D eigenvalue weighted by Crippen LogP contribution is 2.33. The van der Waals surface area contributed by atoms with E-state index in [-0.39, 0.29) is 105 Å². The van der Waals surface area contributed by atoms with Crippen molar-refractivity contribution in [3.05, 3.63) is 169 Å². The van der Waals surface area contributed by atoms with Gasteiger partial charge in [-0.1, -0.05) is 118 Å². The molecular formula is C70H98O22. The highest BCUT2D eigenvalue weighted by Gasteiger charge is 2.35. The average Bonchev–Trinajstić information content (AvgIpc) is 3.64. The van der Waals surface area contributed by atoms with Crippen LogP contribution in [0, 0.1) is 5.41 Å². The lowest BCUT2D eigenvalue weighted by Crippen LogP contribution is -2.39. The Hall–Kier alpha value is -9.15. The smallest absolute Gasteiger partial charge is 0.333 e.